The third-order valence-corrected chi connectivity index (χ3v) is 3.77. The van der Waals surface area contributed by atoms with Crippen molar-refractivity contribution in [2.45, 2.75) is 38.8 Å². The molecule has 22 heavy (non-hydrogen) atoms. The number of halogens is 3. The first-order valence-electron chi connectivity index (χ1n) is 7.00. The number of hydrogen-bond donors (Lipinski definition) is 0. The summed E-state index contributed by atoms with van der Waals surface area (Å²) in [5.41, 5.74) is 0.720. The third kappa shape index (κ3) is 7.73. The monoisotopic (exact) mass is 333 g/mol. The highest BCUT2D eigenvalue weighted by Crippen LogP contribution is 2.24. The zero-order valence-electron chi connectivity index (χ0n) is 13.3. The van der Waals surface area contributed by atoms with E-state index in [0.29, 0.717) is 0 Å². The first-order valence-corrected chi connectivity index (χ1v) is 7.99. The topological polar surface area (TPSA) is 20.3 Å². The lowest BCUT2D eigenvalue weighted by Gasteiger charge is -2.30. The third-order valence-electron chi connectivity index (χ3n) is 2.77. The number of carbonyl (C=O) groups excluding carboxylic acids is 1. The van der Waals surface area contributed by atoms with Crippen LogP contribution in [-0.4, -0.2) is 35.8 Å². The Bertz CT molecular complexity index is 476. The van der Waals surface area contributed by atoms with E-state index in [1.807, 2.05) is 52.0 Å². The fraction of sp³-hybridized carbons (Fsp3) is 0.562. The molecular weight excluding hydrogens is 311 g/mol. The van der Waals surface area contributed by atoms with E-state index in [-0.39, 0.29) is 17.7 Å². The van der Waals surface area contributed by atoms with Crippen molar-refractivity contribution in [3.8, 4) is 0 Å². The van der Waals surface area contributed by atoms with E-state index < -0.39 is 18.6 Å². The summed E-state index contributed by atoms with van der Waals surface area (Å²) in [6, 6.07) is 7.56. The number of amides is 1. The summed E-state index contributed by atoms with van der Waals surface area (Å²) in [7, 11) is 0. The van der Waals surface area contributed by atoms with E-state index >= 15 is 0 Å². The zero-order valence-corrected chi connectivity index (χ0v) is 14.1. The van der Waals surface area contributed by atoms with Crippen molar-refractivity contribution >= 4 is 17.7 Å². The maximum Gasteiger partial charge on any atom is 0.406 e. The molecule has 1 rings (SSSR count). The number of rotatable bonds is 5. The molecule has 0 N–H and O–H groups in total. The maximum atomic E-state index is 12.6. The second-order valence-electron chi connectivity index (χ2n) is 6.53. The first kappa shape index (κ1) is 18.9. The SMILES string of the molecule is Cc1ccc(SCC(=O)N(CC(C)(C)C)CC(F)(F)F)cc1. The summed E-state index contributed by atoms with van der Waals surface area (Å²) in [6.45, 7) is 6.29. The summed E-state index contributed by atoms with van der Waals surface area (Å²) < 4.78 is 37.9. The molecule has 1 aromatic carbocycles. The number of carbonyl (C=O) groups is 1. The lowest BCUT2D eigenvalue weighted by atomic mass is 9.96. The molecule has 0 aliphatic rings. The van der Waals surface area contributed by atoms with Crippen LogP contribution in [0.2, 0.25) is 0 Å². The summed E-state index contributed by atoms with van der Waals surface area (Å²) in [5.74, 6) is -0.479. The van der Waals surface area contributed by atoms with Crippen molar-refractivity contribution in [2.24, 2.45) is 5.41 Å². The van der Waals surface area contributed by atoms with Crippen LogP contribution in [0.15, 0.2) is 29.2 Å². The molecule has 0 aliphatic heterocycles. The maximum absolute atomic E-state index is 12.6. The Labute approximate surface area is 134 Å². The highest BCUT2D eigenvalue weighted by Gasteiger charge is 2.34. The van der Waals surface area contributed by atoms with Gasteiger partial charge in [-0.3, -0.25) is 4.79 Å². The smallest absolute Gasteiger partial charge is 0.332 e. The minimum Gasteiger partial charge on any atom is -0.332 e. The number of thioether (sulfide) groups is 1. The first-order chi connectivity index (χ1) is 9.96. The van der Waals surface area contributed by atoms with Gasteiger partial charge in [0, 0.05) is 11.4 Å². The molecule has 0 aromatic heterocycles. The second-order valence-corrected chi connectivity index (χ2v) is 7.58. The van der Waals surface area contributed by atoms with E-state index in [2.05, 4.69) is 0 Å². The summed E-state index contributed by atoms with van der Waals surface area (Å²) in [4.78, 5) is 13.9. The average molecular weight is 333 g/mol. The molecule has 0 radical (unpaired) electrons. The molecule has 1 amide bonds. The molecule has 0 heterocycles. The Morgan fingerprint density at radius 1 is 1.09 bits per heavy atom. The minimum absolute atomic E-state index is 0.00915. The van der Waals surface area contributed by atoms with Crippen LogP contribution in [0.25, 0.3) is 0 Å². The Hall–Kier alpha value is -1.17. The normalized spacial score (nSPS) is 12.3. The van der Waals surface area contributed by atoms with Gasteiger partial charge in [-0.25, -0.2) is 0 Å². The Kier molecular flexibility index (Phi) is 6.35. The zero-order chi connectivity index (χ0) is 17.0. The molecule has 0 unspecified atom stereocenters. The molecule has 0 saturated carbocycles. The van der Waals surface area contributed by atoms with Crippen LogP contribution in [-0.2, 0) is 4.79 Å². The molecule has 0 saturated heterocycles. The van der Waals surface area contributed by atoms with Crippen LogP contribution >= 0.6 is 11.8 Å². The van der Waals surface area contributed by atoms with Crippen LogP contribution in [0.4, 0.5) is 13.2 Å². The molecule has 0 bridgehead atoms. The predicted molar refractivity (Wildman–Crippen MR) is 84.0 cm³/mol. The van der Waals surface area contributed by atoms with E-state index in [1.54, 1.807) is 0 Å². The van der Waals surface area contributed by atoms with Crippen molar-refractivity contribution in [3.05, 3.63) is 29.8 Å². The molecular formula is C16H22F3NOS. The van der Waals surface area contributed by atoms with Gasteiger partial charge in [0.25, 0.3) is 0 Å². The highest BCUT2D eigenvalue weighted by molar-refractivity contribution is 8.00. The number of alkyl halides is 3. The van der Waals surface area contributed by atoms with Gasteiger partial charge in [0.2, 0.25) is 5.91 Å². The predicted octanol–water partition coefficient (Wildman–Crippen LogP) is 4.52. The molecule has 2 nitrogen and oxygen atoms in total. The van der Waals surface area contributed by atoms with Gasteiger partial charge < -0.3 is 4.90 Å². The molecule has 0 aliphatic carbocycles. The van der Waals surface area contributed by atoms with Crippen LogP contribution < -0.4 is 0 Å². The van der Waals surface area contributed by atoms with Crippen molar-refractivity contribution in [1.82, 2.24) is 4.90 Å². The van der Waals surface area contributed by atoms with Crippen LogP contribution in [0.5, 0.6) is 0 Å². The Morgan fingerprint density at radius 2 is 1.64 bits per heavy atom. The van der Waals surface area contributed by atoms with E-state index in [9.17, 15) is 18.0 Å². The molecule has 124 valence electrons. The molecule has 6 heteroatoms. The average Bonchev–Trinajstić information content (AvgIpc) is 2.33. The van der Waals surface area contributed by atoms with E-state index in [4.69, 9.17) is 0 Å². The minimum atomic E-state index is -4.38. The van der Waals surface area contributed by atoms with Crippen LogP contribution in [0.3, 0.4) is 0 Å². The Morgan fingerprint density at radius 3 is 2.09 bits per heavy atom. The molecule has 0 spiro atoms. The van der Waals surface area contributed by atoms with Crippen molar-refractivity contribution in [1.29, 1.82) is 0 Å². The fourth-order valence-electron chi connectivity index (χ4n) is 1.89. The van der Waals surface area contributed by atoms with Gasteiger partial charge in [0.1, 0.15) is 6.54 Å². The van der Waals surface area contributed by atoms with Gasteiger partial charge in [0.05, 0.1) is 5.75 Å². The Balaban J connectivity index is 2.68. The van der Waals surface area contributed by atoms with Gasteiger partial charge in [0.15, 0.2) is 0 Å². The lowest BCUT2D eigenvalue weighted by Crippen LogP contribution is -2.44. The van der Waals surface area contributed by atoms with Gasteiger partial charge in [-0.15, -0.1) is 11.8 Å². The summed E-state index contributed by atoms with van der Waals surface area (Å²) in [5, 5.41) is 0. The molecule has 0 atom stereocenters. The summed E-state index contributed by atoms with van der Waals surface area (Å²) >= 11 is 1.26. The van der Waals surface area contributed by atoms with Crippen molar-refractivity contribution in [3.63, 3.8) is 0 Å². The standard InChI is InChI=1S/C16H22F3NOS/c1-12-5-7-13(8-6-12)22-9-14(21)20(10-15(2,3)4)11-16(17,18)19/h5-8H,9-11H2,1-4H3. The quantitative estimate of drug-likeness (QED) is 0.738. The summed E-state index contributed by atoms with van der Waals surface area (Å²) in [6.07, 6.45) is -4.38. The number of aryl methyl sites for hydroxylation is 1. The molecule has 0 fully saturated rings. The number of nitrogens with zero attached hydrogens (tertiary/aromatic N) is 1. The van der Waals surface area contributed by atoms with Gasteiger partial charge in [-0.1, -0.05) is 38.5 Å². The van der Waals surface area contributed by atoms with Crippen molar-refractivity contribution in [2.75, 3.05) is 18.8 Å². The largest absolute Gasteiger partial charge is 0.406 e. The van der Waals surface area contributed by atoms with Crippen molar-refractivity contribution < 1.29 is 18.0 Å². The van der Waals surface area contributed by atoms with E-state index in [1.165, 1.54) is 11.8 Å². The lowest BCUT2D eigenvalue weighted by molar-refractivity contribution is -0.161. The van der Waals surface area contributed by atoms with E-state index in [0.717, 1.165) is 15.4 Å². The van der Waals surface area contributed by atoms with Crippen LogP contribution in [0, 0.1) is 12.3 Å². The molecule has 1 aromatic rings. The van der Waals surface area contributed by atoms with Gasteiger partial charge in [-0.05, 0) is 24.5 Å². The second kappa shape index (κ2) is 7.40. The van der Waals surface area contributed by atoms with Crippen LogP contribution in [0.1, 0.15) is 26.3 Å². The fourth-order valence-corrected chi connectivity index (χ4v) is 2.69. The highest BCUT2D eigenvalue weighted by atomic mass is 32.2. The number of benzene rings is 1. The van der Waals surface area contributed by atoms with Gasteiger partial charge >= 0.3 is 6.18 Å². The van der Waals surface area contributed by atoms with Gasteiger partial charge in [-0.2, -0.15) is 13.2 Å². The number of hydrogen-bond acceptors (Lipinski definition) is 2.